The number of hydrogen-bond donors (Lipinski definition) is 0. The van der Waals surface area contributed by atoms with Crippen LogP contribution in [0.5, 0.6) is 0 Å². The van der Waals surface area contributed by atoms with Gasteiger partial charge in [0.1, 0.15) is 0 Å². The van der Waals surface area contributed by atoms with Gasteiger partial charge >= 0.3 is 204 Å². The van der Waals surface area contributed by atoms with Crippen molar-refractivity contribution < 1.29 is 0 Å². The maximum atomic E-state index is 7.96. The van der Waals surface area contributed by atoms with Crippen LogP contribution in [0.25, 0.3) is 0 Å². The minimum absolute atomic E-state index is 0.239. The zero-order chi connectivity index (χ0) is 22.5. The molecule has 4 aromatic carbocycles. The number of nitrogens with zero attached hydrogens (tertiary/aromatic N) is 1. The summed E-state index contributed by atoms with van der Waals surface area (Å²) in [5.74, 6) is -1.76. The number of hydrogen-bond acceptors (Lipinski definition) is 1. The summed E-state index contributed by atoms with van der Waals surface area (Å²) in [6.45, 7) is 0. The second-order valence-electron chi connectivity index (χ2n) is 7.30. The van der Waals surface area contributed by atoms with Crippen molar-refractivity contribution in [3.8, 4) is 0 Å². The molecule has 0 saturated heterocycles. The third-order valence-corrected chi connectivity index (χ3v) is 12.7. The fourth-order valence-corrected chi connectivity index (χ4v) is 10.2. The predicted molar refractivity (Wildman–Crippen MR) is 144 cm³/mol. The van der Waals surface area contributed by atoms with Gasteiger partial charge in [-0.3, -0.25) is 0 Å². The molecule has 0 aliphatic heterocycles. The monoisotopic (exact) mass is 495 g/mol. The van der Waals surface area contributed by atoms with Crippen molar-refractivity contribution >= 4 is 61.5 Å². The molecule has 0 heterocycles. The summed E-state index contributed by atoms with van der Waals surface area (Å²) in [7, 11) is 0. The quantitative estimate of drug-likeness (QED) is 0.150. The van der Waals surface area contributed by atoms with Gasteiger partial charge in [0.05, 0.1) is 0 Å². The van der Waals surface area contributed by atoms with Gasteiger partial charge in [0.25, 0.3) is 0 Å². The summed E-state index contributed by atoms with van der Waals surface area (Å²) in [5, 5.41) is 3.47. The van der Waals surface area contributed by atoms with Crippen LogP contribution in [-0.4, -0.2) is 5.17 Å². The molecule has 0 unspecified atom stereocenters. The van der Waals surface area contributed by atoms with E-state index in [0.29, 0.717) is 5.17 Å². The molecule has 0 atom stereocenters. The topological polar surface area (TPSA) is 12.4 Å². The normalized spacial score (nSPS) is 13.9. The Morgan fingerprint density at radius 3 is 1.28 bits per heavy atom. The van der Waals surface area contributed by atoms with Crippen LogP contribution in [-0.2, 0) is 0 Å². The van der Waals surface area contributed by atoms with E-state index in [2.05, 4.69) is 4.99 Å². The Kier molecular flexibility index (Phi) is 6.84. The van der Waals surface area contributed by atoms with Crippen molar-refractivity contribution in [3.63, 3.8) is 0 Å². The first-order valence-electron chi connectivity index (χ1n) is 10.1. The molecule has 0 bridgehead atoms. The Morgan fingerprint density at radius 1 is 0.562 bits per heavy atom. The van der Waals surface area contributed by atoms with Crippen molar-refractivity contribution in [2.75, 3.05) is 0 Å². The zero-order valence-electron chi connectivity index (χ0n) is 17.2. The average Bonchev–Trinajstić information content (AvgIpc) is 2.86. The first kappa shape index (κ1) is 22.8. The van der Waals surface area contributed by atoms with E-state index in [4.69, 9.17) is 34.4 Å². The molecule has 0 aliphatic carbocycles. The molecule has 5 heteroatoms. The van der Waals surface area contributed by atoms with Gasteiger partial charge < -0.3 is 0 Å². The molecule has 32 heavy (non-hydrogen) atoms. The van der Waals surface area contributed by atoms with Crippen molar-refractivity contribution in [2.24, 2.45) is 4.99 Å². The summed E-state index contributed by atoms with van der Waals surface area (Å²) in [6, 6.07) is 39.7. The first-order chi connectivity index (χ1) is 15.5. The van der Waals surface area contributed by atoms with Crippen molar-refractivity contribution in [2.45, 2.75) is 0 Å². The Hall–Kier alpha value is -2.41. The summed E-state index contributed by atoms with van der Waals surface area (Å²) in [5.41, 5.74) is 0.787. The maximum absolute atomic E-state index is 7.96. The van der Waals surface area contributed by atoms with Gasteiger partial charge in [0, 0.05) is 0 Å². The van der Waals surface area contributed by atoms with E-state index in [1.165, 1.54) is 0 Å². The molecule has 0 radical (unpaired) electrons. The van der Waals surface area contributed by atoms with Crippen molar-refractivity contribution in [1.29, 1.82) is 0 Å². The van der Waals surface area contributed by atoms with Gasteiger partial charge in [-0.2, -0.15) is 0 Å². The third kappa shape index (κ3) is 4.27. The second-order valence-corrected chi connectivity index (χ2v) is 14.1. The van der Waals surface area contributed by atoms with E-state index in [0.717, 1.165) is 21.5 Å². The van der Waals surface area contributed by atoms with E-state index in [-0.39, 0.29) is 5.16 Å². The number of halogens is 3. The predicted octanol–water partition coefficient (Wildman–Crippen LogP) is 7.39. The molecular weight excluding hydrogens is 476 g/mol. The van der Waals surface area contributed by atoms with Crippen LogP contribution in [0, 0.1) is 0 Å². The molecule has 0 aromatic heterocycles. The molecule has 0 spiro atoms. The molecule has 0 amide bonds. The van der Waals surface area contributed by atoms with Crippen molar-refractivity contribution in [3.05, 3.63) is 138 Å². The average molecular weight is 497 g/mol. The van der Waals surface area contributed by atoms with Gasteiger partial charge in [0.15, 0.2) is 0 Å². The fourth-order valence-electron chi connectivity index (χ4n) is 3.79. The molecule has 1 nitrogen and oxygen atoms in total. The third-order valence-electron chi connectivity index (χ3n) is 5.35. The Labute approximate surface area is 203 Å². The standard InChI is InChI=1S/C27H21Cl3NP/c28-26(31-27(29)22-13-5-1-6-14-22)21-32(30,23-15-7-2-8-16-23,24-17-9-3-10-18-24)25-19-11-4-12-20-25/h1-21H. The fraction of sp³-hybridized carbons (Fsp3) is 0. The molecular formula is C27H21Cl3NP. The molecule has 0 saturated carbocycles. The molecule has 0 aliphatic rings. The molecule has 4 rings (SSSR count). The van der Waals surface area contributed by atoms with E-state index < -0.39 is 5.96 Å². The van der Waals surface area contributed by atoms with E-state index in [9.17, 15) is 0 Å². The first-order valence-corrected chi connectivity index (χ1v) is 14.1. The Morgan fingerprint density at radius 2 is 0.906 bits per heavy atom. The number of benzene rings is 4. The summed E-state index contributed by atoms with van der Waals surface area (Å²) in [4.78, 5) is 4.51. The zero-order valence-corrected chi connectivity index (χ0v) is 20.3. The van der Waals surface area contributed by atoms with Crippen molar-refractivity contribution in [1.82, 2.24) is 0 Å². The van der Waals surface area contributed by atoms with Crippen LogP contribution in [0.2, 0.25) is 0 Å². The molecule has 4 aromatic rings. The molecule has 0 fully saturated rings. The van der Waals surface area contributed by atoms with Gasteiger partial charge in [0.2, 0.25) is 0 Å². The minimum atomic E-state index is -3.66. The van der Waals surface area contributed by atoms with Gasteiger partial charge in [-0.1, -0.05) is 0 Å². The van der Waals surface area contributed by atoms with Crippen LogP contribution in [0.1, 0.15) is 5.56 Å². The van der Waals surface area contributed by atoms with E-state index in [1.54, 1.807) is 0 Å². The summed E-state index contributed by atoms with van der Waals surface area (Å²) in [6.07, 6.45) is 0. The van der Waals surface area contributed by atoms with Gasteiger partial charge in [-0.15, -0.1) is 0 Å². The van der Waals surface area contributed by atoms with Crippen LogP contribution < -0.4 is 15.9 Å². The SMILES string of the molecule is ClC(=CP(Cl)(c1ccccc1)(c1ccccc1)c1ccccc1)N=C(Cl)c1ccccc1. The van der Waals surface area contributed by atoms with Crippen LogP contribution in [0.15, 0.2) is 137 Å². The summed E-state index contributed by atoms with van der Waals surface area (Å²) < 4.78 is 0. The van der Waals surface area contributed by atoms with E-state index in [1.807, 2.05) is 127 Å². The van der Waals surface area contributed by atoms with E-state index >= 15 is 0 Å². The van der Waals surface area contributed by atoms with Gasteiger partial charge in [-0.05, 0) is 0 Å². The van der Waals surface area contributed by atoms with Crippen LogP contribution in [0.4, 0.5) is 0 Å². The summed E-state index contributed by atoms with van der Waals surface area (Å²) >= 11 is 21.3. The molecule has 160 valence electrons. The van der Waals surface area contributed by atoms with Gasteiger partial charge in [-0.25, -0.2) is 0 Å². The second kappa shape index (κ2) is 9.61. The van der Waals surface area contributed by atoms with Crippen LogP contribution >= 0.6 is 40.4 Å². The number of rotatable bonds is 6. The van der Waals surface area contributed by atoms with Crippen LogP contribution in [0.3, 0.4) is 0 Å². The molecule has 0 N–H and O–H groups in total. The number of aliphatic imine (C=N–C) groups is 1. The Bertz CT molecular complexity index is 1140. The Balaban J connectivity index is 2.03.